The number of nitrogens with zero attached hydrogens (tertiary/aromatic N) is 4. The van der Waals surface area contributed by atoms with Crippen LogP contribution in [0.4, 0.5) is 5.82 Å². The fourth-order valence-electron chi connectivity index (χ4n) is 3.34. The Morgan fingerprint density at radius 2 is 2.30 bits per heavy atom. The molecule has 7 heteroatoms. The number of carbonyl (C=O) groups is 1. The molecular formula is C20H29N5O2. The van der Waals surface area contributed by atoms with E-state index >= 15 is 0 Å². The normalized spacial score (nSPS) is 17.3. The van der Waals surface area contributed by atoms with Crippen molar-refractivity contribution in [3.8, 4) is 11.4 Å². The third-order valence-corrected chi connectivity index (χ3v) is 4.91. The Balaban J connectivity index is 1.72. The number of hydrogen-bond donors (Lipinski definition) is 1. The van der Waals surface area contributed by atoms with Gasteiger partial charge in [0.15, 0.2) is 0 Å². The number of rotatable bonds is 7. The minimum atomic E-state index is -0.0164. The molecule has 3 heterocycles. The van der Waals surface area contributed by atoms with Crippen LogP contribution in [0.2, 0.25) is 0 Å². The van der Waals surface area contributed by atoms with Gasteiger partial charge in [-0.2, -0.15) is 4.98 Å². The summed E-state index contributed by atoms with van der Waals surface area (Å²) >= 11 is 0. The molecule has 27 heavy (non-hydrogen) atoms. The fraction of sp³-hybridized carbons (Fsp3) is 0.600. The lowest BCUT2D eigenvalue weighted by Gasteiger charge is -2.33. The monoisotopic (exact) mass is 371 g/mol. The van der Waals surface area contributed by atoms with Gasteiger partial charge in [0.05, 0.1) is 11.5 Å². The molecule has 1 aliphatic heterocycles. The highest BCUT2D eigenvalue weighted by Crippen LogP contribution is 2.30. The molecule has 1 atom stereocenters. The molecule has 1 N–H and O–H groups in total. The van der Waals surface area contributed by atoms with Gasteiger partial charge in [-0.15, -0.1) is 0 Å². The quantitative estimate of drug-likeness (QED) is 0.805. The number of pyridine rings is 1. The van der Waals surface area contributed by atoms with Gasteiger partial charge < -0.3 is 14.7 Å². The highest BCUT2D eigenvalue weighted by molar-refractivity contribution is 5.80. The number of hydrogen-bond acceptors (Lipinski definition) is 6. The molecule has 1 aliphatic rings. The summed E-state index contributed by atoms with van der Waals surface area (Å²) in [6, 6.07) is 3.83. The van der Waals surface area contributed by atoms with E-state index in [-0.39, 0.29) is 11.8 Å². The standard InChI is InChI=1S/C20H29N5O2/c1-4-17-23-18(24-27-17)16-8-5-10-21-19(16)25-12-6-7-15(13-25)20(26)22-11-9-14(2)3/h5,8,10,14-15H,4,6-7,9,11-13H2,1-3H3,(H,22,26)/t15-/m1/s1. The van der Waals surface area contributed by atoms with Crippen molar-refractivity contribution in [2.45, 2.75) is 46.5 Å². The Morgan fingerprint density at radius 3 is 3.04 bits per heavy atom. The van der Waals surface area contributed by atoms with Crippen molar-refractivity contribution in [1.82, 2.24) is 20.4 Å². The predicted octanol–water partition coefficient (Wildman–Crippen LogP) is 3.07. The predicted molar refractivity (Wildman–Crippen MR) is 104 cm³/mol. The fourth-order valence-corrected chi connectivity index (χ4v) is 3.34. The average molecular weight is 371 g/mol. The Morgan fingerprint density at radius 1 is 1.44 bits per heavy atom. The van der Waals surface area contributed by atoms with Gasteiger partial charge in [-0.25, -0.2) is 4.98 Å². The van der Waals surface area contributed by atoms with Gasteiger partial charge in [-0.3, -0.25) is 4.79 Å². The molecule has 0 aliphatic carbocycles. The summed E-state index contributed by atoms with van der Waals surface area (Å²) in [6.45, 7) is 8.59. The second kappa shape index (κ2) is 8.97. The van der Waals surface area contributed by atoms with Crippen LogP contribution >= 0.6 is 0 Å². The van der Waals surface area contributed by atoms with Crippen molar-refractivity contribution >= 4 is 11.7 Å². The number of piperidine rings is 1. The summed E-state index contributed by atoms with van der Waals surface area (Å²) in [7, 11) is 0. The highest BCUT2D eigenvalue weighted by atomic mass is 16.5. The van der Waals surface area contributed by atoms with Crippen molar-refractivity contribution in [2.24, 2.45) is 11.8 Å². The summed E-state index contributed by atoms with van der Waals surface area (Å²) in [6.07, 6.45) is 5.35. The topological polar surface area (TPSA) is 84.2 Å². The van der Waals surface area contributed by atoms with Crippen molar-refractivity contribution in [2.75, 3.05) is 24.5 Å². The van der Waals surface area contributed by atoms with Crippen molar-refractivity contribution < 1.29 is 9.32 Å². The highest BCUT2D eigenvalue weighted by Gasteiger charge is 2.28. The van der Waals surface area contributed by atoms with Gasteiger partial charge in [-0.1, -0.05) is 25.9 Å². The van der Waals surface area contributed by atoms with E-state index < -0.39 is 0 Å². The molecule has 0 bridgehead atoms. The van der Waals surface area contributed by atoms with E-state index in [1.165, 1.54) is 0 Å². The molecule has 0 radical (unpaired) electrons. The number of aromatic nitrogens is 3. The molecule has 1 fully saturated rings. The van der Waals surface area contributed by atoms with E-state index in [9.17, 15) is 4.79 Å². The van der Waals surface area contributed by atoms with Crippen LogP contribution < -0.4 is 10.2 Å². The summed E-state index contributed by atoms with van der Waals surface area (Å²) in [5.41, 5.74) is 0.849. The van der Waals surface area contributed by atoms with Gasteiger partial charge in [0, 0.05) is 32.3 Å². The maximum absolute atomic E-state index is 12.6. The molecule has 0 aromatic carbocycles. The Labute approximate surface area is 160 Å². The van der Waals surface area contributed by atoms with Gasteiger partial charge >= 0.3 is 0 Å². The van der Waals surface area contributed by atoms with Gasteiger partial charge in [0.25, 0.3) is 0 Å². The summed E-state index contributed by atoms with van der Waals surface area (Å²) in [5, 5.41) is 7.18. The second-order valence-electron chi connectivity index (χ2n) is 7.50. The SMILES string of the molecule is CCc1nc(-c2cccnc2N2CCC[C@@H](C(=O)NCCC(C)C)C2)no1. The second-order valence-corrected chi connectivity index (χ2v) is 7.50. The molecule has 0 unspecified atom stereocenters. The summed E-state index contributed by atoms with van der Waals surface area (Å²) < 4.78 is 5.26. The molecule has 3 rings (SSSR count). The molecule has 2 aromatic rings. The molecule has 0 saturated carbocycles. The summed E-state index contributed by atoms with van der Waals surface area (Å²) in [5.74, 6) is 2.70. The smallest absolute Gasteiger partial charge is 0.226 e. The van der Waals surface area contributed by atoms with Crippen molar-refractivity contribution in [3.63, 3.8) is 0 Å². The first-order valence-electron chi connectivity index (χ1n) is 9.89. The van der Waals surface area contributed by atoms with Gasteiger partial charge in [-0.05, 0) is 37.3 Å². The maximum Gasteiger partial charge on any atom is 0.226 e. The molecule has 1 amide bonds. The Bertz CT molecular complexity index is 758. The van der Waals surface area contributed by atoms with E-state index in [1.807, 2.05) is 19.1 Å². The van der Waals surface area contributed by atoms with Crippen LogP contribution in [0, 0.1) is 11.8 Å². The van der Waals surface area contributed by atoms with Crippen LogP contribution in [0.3, 0.4) is 0 Å². The third kappa shape index (κ3) is 4.84. The van der Waals surface area contributed by atoms with E-state index in [4.69, 9.17) is 4.52 Å². The number of aryl methyl sites for hydroxylation is 1. The van der Waals surface area contributed by atoms with Crippen LogP contribution in [0.25, 0.3) is 11.4 Å². The zero-order valence-electron chi connectivity index (χ0n) is 16.4. The third-order valence-electron chi connectivity index (χ3n) is 4.91. The van der Waals surface area contributed by atoms with E-state index in [1.54, 1.807) is 6.20 Å². The van der Waals surface area contributed by atoms with E-state index in [0.717, 1.165) is 43.7 Å². The largest absolute Gasteiger partial charge is 0.356 e. The Hall–Kier alpha value is -2.44. The van der Waals surface area contributed by atoms with Crippen molar-refractivity contribution in [3.05, 3.63) is 24.2 Å². The lowest BCUT2D eigenvalue weighted by Crippen LogP contribution is -2.43. The Kier molecular flexibility index (Phi) is 6.42. The average Bonchev–Trinajstić information content (AvgIpc) is 3.17. The molecule has 146 valence electrons. The van der Waals surface area contributed by atoms with Crippen LogP contribution in [0.15, 0.2) is 22.9 Å². The lowest BCUT2D eigenvalue weighted by atomic mass is 9.96. The minimum Gasteiger partial charge on any atom is -0.356 e. The van der Waals surface area contributed by atoms with Gasteiger partial charge in [0.2, 0.25) is 17.6 Å². The summed E-state index contributed by atoms with van der Waals surface area (Å²) in [4.78, 5) is 23.7. The molecule has 7 nitrogen and oxygen atoms in total. The minimum absolute atomic E-state index is 0.0164. The molecular weight excluding hydrogens is 342 g/mol. The zero-order valence-corrected chi connectivity index (χ0v) is 16.4. The van der Waals surface area contributed by atoms with Crippen LogP contribution in [-0.4, -0.2) is 40.7 Å². The number of carbonyl (C=O) groups excluding carboxylic acids is 1. The number of nitrogens with one attached hydrogen (secondary N) is 1. The number of anilines is 1. The first kappa shape index (κ1) is 19.3. The van der Waals surface area contributed by atoms with Crippen LogP contribution in [0.1, 0.15) is 45.9 Å². The van der Waals surface area contributed by atoms with Crippen LogP contribution in [-0.2, 0) is 11.2 Å². The van der Waals surface area contributed by atoms with Crippen LogP contribution in [0.5, 0.6) is 0 Å². The van der Waals surface area contributed by atoms with E-state index in [0.29, 0.717) is 30.6 Å². The first-order valence-corrected chi connectivity index (χ1v) is 9.89. The zero-order chi connectivity index (χ0) is 19.2. The van der Waals surface area contributed by atoms with Gasteiger partial charge in [0.1, 0.15) is 5.82 Å². The molecule has 1 saturated heterocycles. The lowest BCUT2D eigenvalue weighted by molar-refractivity contribution is -0.125. The van der Waals surface area contributed by atoms with E-state index in [2.05, 4.69) is 39.2 Å². The first-order chi connectivity index (χ1) is 13.1. The molecule has 2 aromatic heterocycles. The molecule has 0 spiro atoms. The maximum atomic E-state index is 12.6. The number of amides is 1. The van der Waals surface area contributed by atoms with Crippen molar-refractivity contribution in [1.29, 1.82) is 0 Å².